The fourth-order valence-corrected chi connectivity index (χ4v) is 2.53. The molecule has 1 atom stereocenters. The van der Waals surface area contributed by atoms with Crippen molar-refractivity contribution in [2.45, 2.75) is 60.5 Å². The van der Waals surface area contributed by atoms with Crippen LogP contribution in [0.1, 0.15) is 57.9 Å². The molecule has 0 heterocycles. The number of hydrogen-bond donors (Lipinski definition) is 2. The predicted octanol–water partition coefficient (Wildman–Crippen LogP) is 3.12. The van der Waals surface area contributed by atoms with Crippen molar-refractivity contribution < 1.29 is 9.90 Å². The highest BCUT2D eigenvalue weighted by Crippen LogP contribution is 2.25. The summed E-state index contributed by atoms with van der Waals surface area (Å²) in [4.78, 5) is 12.4. The van der Waals surface area contributed by atoms with Gasteiger partial charge in [0.25, 0.3) is 5.91 Å². The van der Waals surface area contributed by atoms with Crippen molar-refractivity contribution in [2.24, 2.45) is 0 Å². The third-order valence-corrected chi connectivity index (χ3v) is 4.31. The molecular formula is C17H27NO2. The van der Waals surface area contributed by atoms with Gasteiger partial charge in [-0.1, -0.05) is 0 Å². The minimum Gasteiger partial charge on any atom is -0.393 e. The van der Waals surface area contributed by atoms with Crippen LogP contribution >= 0.6 is 0 Å². The van der Waals surface area contributed by atoms with Gasteiger partial charge < -0.3 is 10.4 Å². The average Bonchev–Trinajstić information content (AvgIpc) is 2.39. The summed E-state index contributed by atoms with van der Waals surface area (Å²) in [6, 6.07) is 0. The van der Waals surface area contributed by atoms with Gasteiger partial charge >= 0.3 is 0 Å². The summed E-state index contributed by atoms with van der Waals surface area (Å²) >= 11 is 0. The Kier molecular flexibility index (Phi) is 5.75. The molecule has 3 nitrogen and oxygen atoms in total. The van der Waals surface area contributed by atoms with Crippen LogP contribution in [0, 0.1) is 34.6 Å². The molecule has 0 saturated heterocycles. The van der Waals surface area contributed by atoms with Crippen LogP contribution in [0.5, 0.6) is 0 Å². The average molecular weight is 277 g/mol. The number of carbonyl (C=O) groups excluding carboxylic acids is 1. The number of aliphatic hydroxyl groups is 1. The van der Waals surface area contributed by atoms with E-state index in [1.165, 1.54) is 16.7 Å². The number of benzene rings is 1. The Morgan fingerprint density at radius 1 is 1.00 bits per heavy atom. The zero-order valence-electron chi connectivity index (χ0n) is 13.6. The third kappa shape index (κ3) is 3.60. The molecule has 1 aromatic carbocycles. The van der Waals surface area contributed by atoms with Crippen LogP contribution in [-0.2, 0) is 0 Å². The quantitative estimate of drug-likeness (QED) is 0.812. The molecule has 3 heteroatoms. The SMILES string of the molecule is Cc1c(C)c(C)c(C(=O)NCCCC(C)O)c(C)c1C. The molecule has 1 amide bonds. The molecule has 0 aliphatic heterocycles. The molecule has 0 bridgehead atoms. The van der Waals surface area contributed by atoms with Crippen LogP contribution in [0.3, 0.4) is 0 Å². The van der Waals surface area contributed by atoms with Crippen molar-refractivity contribution in [3.8, 4) is 0 Å². The maximum absolute atomic E-state index is 12.4. The number of rotatable bonds is 5. The summed E-state index contributed by atoms with van der Waals surface area (Å²) in [6.45, 7) is 12.6. The van der Waals surface area contributed by atoms with E-state index in [0.717, 1.165) is 23.1 Å². The molecule has 0 aliphatic carbocycles. The van der Waals surface area contributed by atoms with Gasteiger partial charge in [0.2, 0.25) is 0 Å². The predicted molar refractivity (Wildman–Crippen MR) is 83.4 cm³/mol. The van der Waals surface area contributed by atoms with Gasteiger partial charge in [-0.05, 0) is 82.2 Å². The van der Waals surface area contributed by atoms with Gasteiger partial charge in [-0.3, -0.25) is 4.79 Å². The monoisotopic (exact) mass is 277 g/mol. The minimum absolute atomic E-state index is 0.00297. The number of hydrogen-bond acceptors (Lipinski definition) is 2. The van der Waals surface area contributed by atoms with E-state index in [1.54, 1.807) is 6.92 Å². The van der Waals surface area contributed by atoms with E-state index >= 15 is 0 Å². The first kappa shape index (κ1) is 16.7. The number of carbonyl (C=O) groups is 1. The zero-order valence-corrected chi connectivity index (χ0v) is 13.6. The summed E-state index contributed by atoms with van der Waals surface area (Å²) < 4.78 is 0. The van der Waals surface area contributed by atoms with Crippen LogP contribution < -0.4 is 5.32 Å². The summed E-state index contributed by atoms with van der Waals surface area (Å²) in [6.07, 6.45) is 1.20. The Morgan fingerprint density at radius 2 is 1.45 bits per heavy atom. The summed E-state index contributed by atoms with van der Waals surface area (Å²) in [5.74, 6) is -0.00297. The molecule has 1 aromatic rings. The molecule has 0 aliphatic rings. The fraction of sp³-hybridized carbons (Fsp3) is 0.588. The molecule has 0 spiro atoms. The first-order valence-electron chi connectivity index (χ1n) is 7.30. The van der Waals surface area contributed by atoms with Crippen molar-refractivity contribution in [1.82, 2.24) is 5.32 Å². The lowest BCUT2D eigenvalue weighted by Crippen LogP contribution is -2.27. The summed E-state index contributed by atoms with van der Waals surface area (Å²) in [7, 11) is 0. The Bertz CT molecular complexity index is 475. The maximum atomic E-state index is 12.4. The standard InChI is InChI=1S/C17H27NO2/c1-10(19)8-7-9-18-17(20)16-14(5)12(3)11(2)13(4)15(16)6/h10,19H,7-9H2,1-6H3,(H,18,20). The Balaban J connectivity index is 2.89. The Morgan fingerprint density at radius 3 is 1.90 bits per heavy atom. The van der Waals surface area contributed by atoms with E-state index in [2.05, 4.69) is 26.1 Å². The van der Waals surface area contributed by atoms with Gasteiger partial charge in [0.05, 0.1) is 6.10 Å². The Hall–Kier alpha value is -1.35. The van der Waals surface area contributed by atoms with Crippen molar-refractivity contribution in [3.63, 3.8) is 0 Å². The highest BCUT2D eigenvalue weighted by Gasteiger charge is 2.17. The van der Waals surface area contributed by atoms with Gasteiger partial charge in [0.15, 0.2) is 0 Å². The van der Waals surface area contributed by atoms with Crippen LogP contribution in [0.4, 0.5) is 0 Å². The molecule has 0 aromatic heterocycles. The molecule has 112 valence electrons. The van der Waals surface area contributed by atoms with Gasteiger partial charge in [-0.2, -0.15) is 0 Å². The molecule has 0 radical (unpaired) electrons. The number of aliphatic hydroxyl groups excluding tert-OH is 1. The summed E-state index contributed by atoms with van der Waals surface area (Å²) in [5, 5.41) is 12.2. The number of nitrogens with one attached hydrogen (secondary N) is 1. The fourth-order valence-electron chi connectivity index (χ4n) is 2.53. The van der Waals surface area contributed by atoms with Gasteiger partial charge in [-0.25, -0.2) is 0 Å². The second-order valence-corrected chi connectivity index (χ2v) is 5.75. The lowest BCUT2D eigenvalue weighted by molar-refractivity contribution is 0.0948. The molecule has 1 unspecified atom stereocenters. The van der Waals surface area contributed by atoms with Crippen LogP contribution in [0.2, 0.25) is 0 Å². The largest absolute Gasteiger partial charge is 0.393 e. The van der Waals surface area contributed by atoms with E-state index in [9.17, 15) is 9.90 Å². The highest BCUT2D eigenvalue weighted by atomic mass is 16.3. The van der Waals surface area contributed by atoms with E-state index in [1.807, 2.05) is 13.8 Å². The Labute approximate surface area is 122 Å². The van der Waals surface area contributed by atoms with Crippen LogP contribution in [-0.4, -0.2) is 23.7 Å². The lowest BCUT2D eigenvalue weighted by atomic mass is 9.89. The molecule has 1 rings (SSSR count). The normalized spacial score (nSPS) is 12.3. The highest BCUT2D eigenvalue weighted by molar-refractivity contribution is 5.98. The van der Waals surface area contributed by atoms with Crippen molar-refractivity contribution >= 4 is 5.91 Å². The molecular weight excluding hydrogens is 250 g/mol. The van der Waals surface area contributed by atoms with Gasteiger partial charge in [-0.15, -0.1) is 0 Å². The smallest absolute Gasteiger partial charge is 0.251 e. The van der Waals surface area contributed by atoms with E-state index < -0.39 is 0 Å². The maximum Gasteiger partial charge on any atom is 0.251 e. The van der Waals surface area contributed by atoms with Crippen LogP contribution in [0.25, 0.3) is 0 Å². The molecule has 0 fully saturated rings. The van der Waals surface area contributed by atoms with Gasteiger partial charge in [0.1, 0.15) is 0 Å². The molecule has 20 heavy (non-hydrogen) atoms. The molecule has 2 N–H and O–H groups in total. The second-order valence-electron chi connectivity index (χ2n) is 5.75. The number of amides is 1. The zero-order chi connectivity index (χ0) is 15.4. The minimum atomic E-state index is -0.306. The molecule has 0 saturated carbocycles. The summed E-state index contributed by atoms with van der Waals surface area (Å²) in [5.41, 5.74) is 6.61. The van der Waals surface area contributed by atoms with Crippen molar-refractivity contribution in [1.29, 1.82) is 0 Å². The van der Waals surface area contributed by atoms with Crippen molar-refractivity contribution in [3.05, 3.63) is 33.4 Å². The van der Waals surface area contributed by atoms with Crippen molar-refractivity contribution in [2.75, 3.05) is 6.54 Å². The van der Waals surface area contributed by atoms with E-state index in [0.29, 0.717) is 13.0 Å². The lowest BCUT2D eigenvalue weighted by Gasteiger charge is -2.18. The van der Waals surface area contributed by atoms with Crippen LogP contribution in [0.15, 0.2) is 0 Å². The topological polar surface area (TPSA) is 49.3 Å². The first-order valence-corrected chi connectivity index (χ1v) is 7.30. The van der Waals surface area contributed by atoms with Gasteiger partial charge in [0, 0.05) is 12.1 Å². The van der Waals surface area contributed by atoms with E-state index in [-0.39, 0.29) is 12.0 Å². The second kappa shape index (κ2) is 6.89. The van der Waals surface area contributed by atoms with E-state index in [4.69, 9.17) is 0 Å². The first-order chi connectivity index (χ1) is 9.27. The third-order valence-electron chi connectivity index (χ3n) is 4.31.